The largest absolute Gasteiger partial charge is 0.451 e. The molecule has 2 aromatic rings. The van der Waals surface area contributed by atoms with E-state index in [2.05, 4.69) is 10.4 Å². The van der Waals surface area contributed by atoms with Crippen LogP contribution in [0.1, 0.15) is 17.4 Å². The number of carbonyl (C=O) groups is 3. The number of aromatic nitrogens is 2. The van der Waals surface area contributed by atoms with Gasteiger partial charge < -0.3 is 10.1 Å². The quantitative estimate of drug-likeness (QED) is 0.757. The first-order valence-electron chi connectivity index (χ1n) is 7.15. The Hall–Kier alpha value is -3.23. The molecule has 0 radical (unpaired) electrons. The predicted molar refractivity (Wildman–Crippen MR) is 84.5 cm³/mol. The molecule has 3 amide bonds. The van der Waals surface area contributed by atoms with E-state index in [1.807, 2.05) is 5.32 Å². The maximum Gasteiger partial charge on any atom is 0.359 e. The van der Waals surface area contributed by atoms with Crippen molar-refractivity contribution in [3.8, 4) is 0 Å². The number of amides is 3. The average Bonchev–Trinajstić information content (AvgIpc) is 2.56. The van der Waals surface area contributed by atoms with Crippen molar-refractivity contribution in [2.45, 2.75) is 6.92 Å². The number of esters is 1. The molecule has 0 aliphatic rings. The van der Waals surface area contributed by atoms with Crippen LogP contribution in [0, 0.1) is 0 Å². The van der Waals surface area contributed by atoms with E-state index in [1.54, 1.807) is 31.2 Å². The lowest BCUT2D eigenvalue weighted by Crippen LogP contribution is -2.41. The van der Waals surface area contributed by atoms with Gasteiger partial charge in [0, 0.05) is 19.0 Å². The highest BCUT2D eigenvalue weighted by Crippen LogP contribution is 2.13. The summed E-state index contributed by atoms with van der Waals surface area (Å²) in [6, 6.07) is 5.78. The van der Waals surface area contributed by atoms with Crippen LogP contribution in [0.3, 0.4) is 0 Å². The van der Waals surface area contributed by atoms with E-state index in [4.69, 9.17) is 4.74 Å². The number of urea groups is 1. The van der Waals surface area contributed by atoms with Gasteiger partial charge in [-0.15, -0.1) is 0 Å². The van der Waals surface area contributed by atoms with Crippen LogP contribution in [0.25, 0.3) is 10.8 Å². The molecule has 0 fully saturated rings. The normalized spacial score (nSPS) is 10.2. The van der Waals surface area contributed by atoms with E-state index in [0.717, 1.165) is 4.68 Å². The van der Waals surface area contributed by atoms with Crippen LogP contribution in [0.15, 0.2) is 29.1 Å². The minimum absolute atomic E-state index is 0.0847. The van der Waals surface area contributed by atoms with Crippen LogP contribution in [0.5, 0.6) is 0 Å². The second-order valence-corrected chi connectivity index (χ2v) is 4.81. The fraction of sp³-hybridized carbons (Fsp3) is 0.267. The van der Waals surface area contributed by atoms with Crippen LogP contribution >= 0.6 is 0 Å². The van der Waals surface area contributed by atoms with Crippen LogP contribution < -0.4 is 16.2 Å². The zero-order valence-corrected chi connectivity index (χ0v) is 13.2. The predicted octanol–water partition coefficient (Wildman–Crippen LogP) is -0.0640. The number of hydrogen-bond donors (Lipinski definition) is 2. The zero-order chi connectivity index (χ0) is 17.7. The molecule has 24 heavy (non-hydrogen) atoms. The first kappa shape index (κ1) is 17.1. The highest BCUT2D eigenvalue weighted by atomic mass is 16.5. The standard InChI is InChI=1S/C15H16N4O5/c1-3-16-15(23)17-11(20)8-24-14(22)12-9-6-4-5-7-10(9)13(21)19(2)18-12/h4-7H,3,8H2,1-2H3,(H2,16,17,20,23). The molecule has 0 saturated heterocycles. The summed E-state index contributed by atoms with van der Waals surface area (Å²) in [6.07, 6.45) is 0. The van der Waals surface area contributed by atoms with Crippen molar-refractivity contribution in [3.63, 3.8) is 0 Å². The molecule has 126 valence electrons. The third-order valence-corrected chi connectivity index (χ3v) is 3.07. The van der Waals surface area contributed by atoms with E-state index >= 15 is 0 Å². The Kier molecular flexibility index (Phi) is 5.25. The van der Waals surface area contributed by atoms with Crippen LogP contribution in [0.2, 0.25) is 0 Å². The summed E-state index contributed by atoms with van der Waals surface area (Å²) in [6.45, 7) is 1.40. The van der Waals surface area contributed by atoms with Crippen molar-refractivity contribution in [2.75, 3.05) is 13.2 Å². The number of ether oxygens (including phenoxy) is 1. The maximum absolute atomic E-state index is 12.2. The Bertz CT molecular complexity index is 859. The van der Waals surface area contributed by atoms with Gasteiger partial charge in [-0.05, 0) is 13.0 Å². The highest BCUT2D eigenvalue weighted by molar-refractivity contribution is 6.03. The Morgan fingerprint density at radius 2 is 1.88 bits per heavy atom. The number of hydrogen-bond acceptors (Lipinski definition) is 6. The number of fused-ring (bicyclic) bond motifs is 1. The number of aryl methyl sites for hydroxylation is 1. The van der Waals surface area contributed by atoms with Gasteiger partial charge in [-0.1, -0.05) is 18.2 Å². The molecular weight excluding hydrogens is 316 g/mol. The fourth-order valence-corrected chi connectivity index (χ4v) is 2.02. The number of nitrogens with zero attached hydrogens (tertiary/aromatic N) is 2. The van der Waals surface area contributed by atoms with Gasteiger partial charge in [0.15, 0.2) is 12.3 Å². The van der Waals surface area contributed by atoms with Crippen LogP contribution in [0.4, 0.5) is 4.79 Å². The van der Waals surface area contributed by atoms with Crippen LogP contribution in [-0.4, -0.2) is 40.8 Å². The van der Waals surface area contributed by atoms with Gasteiger partial charge in [0.2, 0.25) is 0 Å². The first-order chi connectivity index (χ1) is 11.4. The van der Waals surface area contributed by atoms with Gasteiger partial charge >= 0.3 is 12.0 Å². The SMILES string of the molecule is CCNC(=O)NC(=O)COC(=O)c1nn(C)c(=O)c2ccccc12. The summed E-state index contributed by atoms with van der Waals surface area (Å²) in [4.78, 5) is 46.9. The number of imide groups is 1. The molecule has 1 aromatic heterocycles. The van der Waals surface area contributed by atoms with E-state index in [9.17, 15) is 19.2 Å². The highest BCUT2D eigenvalue weighted by Gasteiger charge is 2.18. The summed E-state index contributed by atoms with van der Waals surface area (Å²) >= 11 is 0. The summed E-state index contributed by atoms with van der Waals surface area (Å²) in [7, 11) is 1.41. The molecule has 9 heteroatoms. The van der Waals surface area contributed by atoms with Crippen molar-refractivity contribution >= 4 is 28.7 Å². The number of rotatable bonds is 4. The van der Waals surface area contributed by atoms with Crippen molar-refractivity contribution < 1.29 is 19.1 Å². The van der Waals surface area contributed by atoms with E-state index < -0.39 is 24.5 Å². The molecule has 2 rings (SSSR count). The van der Waals surface area contributed by atoms with Gasteiger partial charge in [-0.3, -0.25) is 14.9 Å². The molecule has 9 nitrogen and oxygen atoms in total. The van der Waals surface area contributed by atoms with E-state index in [1.165, 1.54) is 7.05 Å². The molecule has 0 aliphatic carbocycles. The second kappa shape index (κ2) is 7.36. The Morgan fingerprint density at radius 3 is 2.54 bits per heavy atom. The third kappa shape index (κ3) is 3.75. The van der Waals surface area contributed by atoms with E-state index in [-0.39, 0.29) is 11.3 Å². The lowest BCUT2D eigenvalue weighted by atomic mass is 10.1. The van der Waals surface area contributed by atoms with Crippen LogP contribution in [-0.2, 0) is 16.6 Å². The molecule has 0 atom stereocenters. The smallest absolute Gasteiger partial charge is 0.359 e. The molecule has 2 N–H and O–H groups in total. The molecule has 0 spiro atoms. The summed E-state index contributed by atoms with van der Waals surface area (Å²) in [5.41, 5.74) is -0.436. The van der Waals surface area contributed by atoms with Crippen molar-refractivity contribution in [2.24, 2.45) is 7.05 Å². The minimum Gasteiger partial charge on any atom is -0.451 e. The number of nitrogens with one attached hydrogen (secondary N) is 2. The maximum atomic E-state index is 12.2. The molecular formula is C15H16N4O5. The average molecular weight is 332 g/mol. The van der Waals surface area contributed by atoms with E-state index in [0.29, 0.717) is 17.3 Å². The van der Waals surface area contributed by atoms with Crippen molar-refractivity contribution in [1.82, 2.24) is 20.4 Å². The number of carbonyl (C=O) groups excluding carboxylic acids is 3. The fourth-order valence-electron chi connectivity index (χ4n) is 2.02. The monoisotopic (exact) mass is 332 g/mol. The third-order valence-electron chi connectivity index (χ3n) is 3.07. The summed E-state index contributed by atoms with van der Waals surface area (Å²) in [5.74, 6) is -1.64. The lowest BCUT2D eigenvalue weighted by molar-refractivity contribution is -0.123. The molecule has 0 aliphatic heterocycles. The Balaban J connectivity index is 2.15. The molecule has 0 saturated carbocycles. The molecule has 1 aromatic carbocycles. The topological polar surface area (TPSA) is 119 Å². The summed E-state index contributed by atoms with van der Waals surface area (Å²) in [5, 5.41) is 8.91. The van der Waals surface area contributed by atoms with Gasteiger partial charge in [-0.2, -0.15) is 5.10 Å². The minimum atomic E-state index is -0.868. The molecule has 0 bridgehead atoms. The molecule has 1 heterocycles. The Morgan fingerprint density at radius 1 is 1.21 bits per heavy atom. The molecule has 0 unspecified atom stereocenters. The van der Waals surface area contributed by atoms with Crippen molar-refractivity contribution in [3.05, 3.63) is 40.3 Å². The zero-order valence-electron chi connectivity index (χ0n) is 13.2. The first-order valence-corrected chi connectivity index (χ1v) is 7.15. The second-order valence-electron chi connectivity index (χ2n) is 4.81. The van der Waals surface area contributed by atoms with Gasteiger partial charge in [0.25, 0.3) is 11.5 Å². The van der Waals surface area contributed by atoms with Gasteiger partial charge in [0.1, 0.15) is 0 Å². The Labute approximate surface area is 136 Å². The lowest BCUT2D eigenvalue weighted by Gasteiger charge is -2.08. The number of benzene rings is 1. The van der Waals surface area contributed by atoms with Gasteiger partial charge in [0.05, 0.1) is 5.39 Å². The summed E-state index contributed by atoms with van der Waals surface area (Å²) < 4.78 is 5.88. The van der Waals surface area contributed by atoms with Gasteiger partial charge in [-0.25, -0.2) is 14.3 Å². The van der Waals surface area contributed by atoms with Crippen molar-refractivity contribution in [1.29, 1.82) is 0 Å².